The van der Waals surface area contributed by atoms with E-state index in [0.717, 1.165) is 19.5 Å². The Hall–Kier alpha value is -1.39. The Morgan fingerprint density at radius 1 is 1.39 bits per heavy atom. The maximum absolute atomic E-state index is 12.5. The summed E-state index contributed by atoms with van der Waals surface area (Å²) in [7, 11) is 0. The maximum atomic E-state index is 12.5. The highest BCUT2D eigenvalue weighted by atomic mass is 16.2. The van der Waals surface area contributed by atoms with Gasteiger partial charge < -0.3 is 4.90 Å². The molecule has 2 atom stereocenters. The van der Waals surface area contributed by atoms with E-state index in [4.69, 9.17) is 5.84 Å². The van der Waals surface area contributed by atoms with Crippen molar-refractivity contribution in [1.82, 2.24) is 9.91 Å². The second-order valence-corrected chi connectivity index (χ2v) is 5.44. The van der Waals surface area contributed by atoms with E-state index < -0.39 is 5.54 Å². The van der Waals surface area contributed by atoms with E-state index in [0.29, 0.717) is 12.5 Å². The SMILES string of the molecule is CC1CN(N)C12CCN(Cc1ccccc1)C2=O. The minimum Gasteiger partial charge on any atom is -0.337 e. The van der Waals surface area contributed by atoms with Gasteiger partial charge in [0.1, 0.15) is 5.54 Å². The van der Waals surface area contributed by atoms with E-state index in [2.05, 4.69) is 19.1 Å². The molecule has 96 valence electrons. The smallest absolute Gasteiger partial charge is 0.245 e. The minimum atomic E-state index is -0.408. The zero-order valence-corrected chi connectivity index (χ0v) is 10.7. The number of hydrogen-bond acceptors (Lipinski definition) is 3. The molecule has 2 aliphatic heterocycles. The highest BCUT2D eigenvalue weighted by Crippen LogP contribution is 2.42. The van der Waals surface area contributed by atoms with Gasteiger partial charge in [-0.15, -0.1) is 0 Å². The van der Waals surface area contributed by atoms with Crippen LogP contribution in [0.5, 0.6) is 0 Å². The quantitative estimate of drug-likeness (QED) is 0.790. The van der Waals surface area contributed by atoms with Gasteiger partial charge in [-0.3, -0.25) is 10.6 Å². The van der Waals surface area contributed by atoms with Crippen LogP contribution in [-0.4, -0.2) is 34.4 Å². The first-order valence-electron chi connectivity index (χ1n) is 6.50. The van der Waals surface area contributed by atoms with Gasteiger partial charge >= 0.3 is 0 Å². The standard InChI is InChI=1S/C14H19N3O/c1-11-9-17(15)14(11)7-8-16(13(14)18)10-12-5-3-2-4-6-12/h2-6,11H,7-10,15H2,1H3. The van der Waals surface area contributed by atoms with Gasteiger partial charge in [0.15, 0.2) is 0 Å². The summed E-state index contributed by atoms with van der Waals surface area (Å²) in [5.41, 5.74) is 0.771. The largest absolute Gasteiger partial charge is 0.337 e. The number of carbonyl (C=O) groups is 1. The van der Waals surface area contributed by atoms with Crippen LogP contribution in [0.15, 0.2) is 30.3 Å². The Morgan fingerprint density at radius 2 is 2.11 bits per heavy atom. The summed E-state index contributed by atoms with van der Waals surface area (Å²) in [6.07, 6.45) is 0.857. The maximum Gasteiger partial charge on any atom is 0.245 e. The zero-order valence-electron chi connectivity index (χ0n) is 10.7. The van der Waals surface area contributed by atoms with Crippen molar-refractivity contribution in [3.8, 4) is 0 Å². The van der Waals surface area contributed by atoms with Crippen molar-refractivity contribution in [2.24, 2.45) is 11.8 Å². The molecule has 0 saturated carbocycles. The molecule has 2 heterocycles. The molecular weight excluding hydrogens is 226 g/mol. The number of hydrazine groups is 1. The number of nitrogens with zero attached hydrogens (tertiary/aromatic N) is 2. The van der Waals surface area contributed by atoms with Crippen LogP contribution in [0.4, 0.5) is 0 Å². The summed E-state index contributed by atoms with van der Waals surface area (Å²) in [6, 6.07) is 10.1. The molecular formula is C14H19N3O. The fourth-order valence-corrected chi connectivity index (χ4v) is 3.25. The predicted molar refractivity (Wildman–Crippen MR) is 69.3 cm³/mol. The molecule has 1 aromatic rings. The predicted octanol–water partition coefficient (Wildman–Crippen LogP) is 0.983. The Balaban J connectivity index is 1.76. The molecule has 18 heavy (non-hydrogen) atoms. The highest BCUT2D eigenvalue weighted by molar-refractivity contribution is 5.90. The van der Waals surface area contributed by atoms with Crippen LogP contribution in [0.1, 0.15) is 18.9 Å². The van der Waals surface area contributed by atoms with Crippen LogP contribution in [0, 0.1) is 5.92 Å². The van der Waals surface area contributed by atoms with Gasteiger partial charge in [-0.25, -0.2) is 5.01 Å². The molecule has 1 aromatic carbocycles. The van der Waals surface area contributed by atoms with Gasteiger partial charge in [0.2, 0.25) is 5.91 Å². The van der Waals surface area contributed by atoms with E-state index >= 15 is 0 Å². The topological polar surface area (TPSA) is 49.6 Å². The Bertz CT molecular complexity index is 451. The summed E-state index contributed by atoms with van der Waals surface area (Å²) >= 11 is 0. The number of nitrogens with two attached hydrogens (primary N) is 1. The van der Waals surface area contributed by atoms with Gasteiger partial charge in [-0.1, -0.05) is 37.3 Å². The molecule has 1 spiro atoms. The van der Waals surface area contributed by atoms with Crippen molar-refractivity contribution in [2.45, 2.75) is 25.4 Å². The van der Waals surface area contributed by atoms with Crippen LogP contribution >= 0.6 is 0 Å². The molecule has 4 nitrogen and oxygen atoms in total. The van der Waals surface area contributed by atoms with E-state index in [-0.39, 0.29) is 5.91 Å². The lowest BCUT2D eigenvalue weighted by molar-refractivity contribution is -0.154. The molecule has 2 saturated heterocycles. The first-order chi connectivity index (χ1) is 8.64. The molecule has 3 rings (SSSR count). The summed E-state index contributed by atoms with van der Waals surface area (Å²) in [5, 5.41) is 1.73. The van der Waals surface area contributed by atoms with Crippen molar-refractivity contribution < 1.29 is 4.79 Å². The van der Waals surface area contributed by atoms with Crippen molar-refractivity contribution >= 4 is 5.91 Å². The van der Waals surface area contributed by atoms with Gasteiger partial charge in [-0.05, 0) is 17.9 Å². The highest BCUT2D eigenvalue weighted by Gasteiger charge is 2.59. The van der Waals surface area contributed by atoms with Crippen LogP contribution in [0.2, 0.25) is 0 Å². The summed E-state index contributed by atoms with van der Waals surface area (Å²) < 4.78 is 0. The van der Waals surface area contributed by atoms with Gasteiger partial charge in [-0.2, -0.15) is 0 Å². The summed E-state index contributed by atoms with van der Waals surface area (Å²) in [5.74, 6) is 6.51. The van der Waals surface area contributed by atoms with Gasteiger partial charge in [0.05, 0.1) is 0 Å². The molecule has 2 N–H and O–H groups in total. The Labute approximate surface area is 107 Å². The second-order valence-electron chi connectivity index (χ2n) is 5.44. The van der Waals surface area contributed by atoms with Crippen LogP contribution in [-0.2, 0) is 11.3 Å². The van der Waals surface area contributed by atoms with Crippen molar-refractivity contribution in [2.75, 3.05) is 13.1 Å². The monoisotopic (exact) mass is 245 g/mol. The third kappa shape index (κ3) is 1.49. The fraction of sp³-hybridized carbons (Fsp3) is 0.500. The number of likely N-dealkylation sites (tertiary alicyclic amines) is 1. The van der Waals surface area contributed by atoms with Gasteiger partial charge in [0.25, 0.3) is 0 Å². The minimum absolute atomic E-state index is 0.201. The van der Waals surface area contributed by atoms with E-state index in [1.807, 2.05) is 23.1 Å². The molecule has 4 heteroatoms. The van der Waals surface area contributed by atoms with Crippen LogP contribution < -0.4 is 5.84 Å². The average Bonchev–Trinajstić information content (AvgIpc) is 2.71. The van der Waals surface area contributed by atoms with E-state index in [9.17, 15) is 4.79 Å². The Morgan fingerprint density at radius 3 is 2.67 bits per heavy atom. The van der Waals surface area contributed by atoms with Crippen LogP contribution in [0.25, 0.3) is 0 Å². The molecule has 2 unspecified atom stereocenters. The molecule has 2 aliphatic rings. The normalized spacial score (nSPS) is 32.0. The van der Waals surface area contributed by atoms with Crippen molar-refractivity contribution in [3.05, 3.63) is 35.9 Å². The second kappa shape index (κ2) is 4.07. The third-order valence-electron chi connectivity index (χ3n) is 4.44. The molecule has 0 aliphatic carbocycles. The molecule has 0 bridgehead atoms. The Kier molecular flexibility index (Phi) is 2.64. The number of hydrogen-bond donors (Lipinski definition) is 1. The molecule has 0 radical (unpaired) electrons. The lowest BCUT2D eigenvalue weighted by atomic mass is 9.75. The summed E-state index contributed by atoms with van der Waals surface area (Å²) in [6.45, 7) is 4.45. The van der Waals surface area contributed by atoms with Gasteiger partial charge in [0, 0.05) is 19.6 Å². The molecule has 0 aromatic heterocycles. The fourth-order valence-electron chi connectivity index (χ4n) is 3.25. The number of amides is 1. The number of rotatable bonds is 2. The molecule has 1 amide bonds. The number of carbonyl (C=O) groups excluding carboxylic acids is 1. The summed E-state index contributed by atoms with van der Waals surface area (Å²) in [4.78, 5) is 14.5. The molecule has 2 fully saturated rings. The zero-order chi connectivity index (χ0) is 12.8. The average molecular weight is 245 g/mol. The van der Waals surface area contributed by atoms with E-state index in [1.54, 1.807) is 5.01 Å². The van der Waals surface area contributed by atoms with Crippen LogP contribution in [0.3, 0.4) is 0 Å². The third-order valence-corrected chi connectivity index (χ3v) is 4.44. The first kappa shape index (κ1) is 11.7. The first-order valence-corrected chi connectivity index (χ1v) is 6.50. The lowest BCUT2D eigenvalue weighted by Gasteiger charge is -2.51. The van der Waals surface area contributed by atoms with Crippen molar-refractivity contribution in [3.63, 3.8) is 0 Å². The van der Waals surface area contributed by atoms with E-state index in [1.165, 1.54) is 5.56 Å². The van der Waals surface area contributed by atoms with Crippen molar-refractivity contribution in [1.29, 1.82) is 0 Å². The number of benzene rings is 1. The lowest BCUT2D eigenvalue weighted by Crippen LogP contribution is -2.72.